The molecule has 1 rings (SSSR count). The molecule has 0 aliphatic carbocycles. The first-order valence-electron chi connectivity index (χ1n) is 5.30. The molecule has 0 saturated heterocycles. The first-order valence-corrected chi connectivity index (χ1v) is 5.30. The summed E-state index contributed by atoms with van der Waals surface area (Å²) in [4.78, 5) is 11.5. The molecule has 4 nitrogen and oxygen atoms in total. The quantitative estimate of drug-likeness (QED) is 0.755. The summed E-state index contributed by atoms with van der Waals surface area (Å²) in [6.45, 7) is 1.04. The van der Waals surface area contributed by atoms with Gasteiger partial charge in [0, 0.05) is 26.1 Å². The van der Waals surface area contributed by atoms with Crippen LogP contribution in [0.1, 0.15) is 18.0 Å². The second-order valence-corrected chi connectivity index (χ2v) is 3.56. The molecule has 1 unspecified atom stereocenters. The van der Waals surface area contributed by atoms with E-state index in [1.165, 1.54) is 0 Å². The molecule has 0 aromatic heterocycles. The number of nitrogens with two attached hydrogens (primary N) is 1. The van der Waals surface area contributed by atoms with Gasteiger partial charge >= 0.3 is 0 Å². The molecule has 1 atom stereocenters. The molecule has 0 fully saturated rings. The number of carbonyl (C=O) groups is 1. The van der Waals surface area contributed by atoms with E-state index in [4.69, 9.17) is 10.5 Å². The highest BCUT2D eigenvalue weighted by atomic mass is 35.5. The molecule has 0 heterocycles. The summed E-state index contributed by atoms with van der Waals surface area (Å²) in [7, 11) is 1.60. The van der Waals surface area contributed by atoms with E-state index < -0.39 is 0 Å². The van der Waals surface area contributed by atoms with E-state index >= 15 is 0 Å². The summed E-state index contributed by atoms with van der Waals surface area (Å²) < 4.78 is 4.84. The zero-order valence-electron chi connectivity index (χ0n) is 9.89. The van der Waals surface area contributed by atoms with Crippen molar-refractivity contribution in [2.45, 2.75) is 12.5 Å². The maximum Gasteiger partial charge on any atom is 0.221 e. The zero-order chi connectivity index (χ0) is 11.8. The number of ether oxygens (including phenoxy) is 1. The van der Waals surface area contributed by atoms with Crippen molar-refractivity contribution in [2.24, 2.45) is 5.73 Å². The monoisotopic (exact) mass is 258 g/mol. The number of halogens is 1. The van der Waals surface area contributed by atoms with Gasteiger partial charge in [0.1, 0.15) is 0 Å². The Kier molecular flexibility index (Phi) is 8.40. The van der Waals surface area contributed by atoms with Gasteiger partial charge in [0.25, 0.3) is 0 Å². The predicted molar refractivity (Wildman–Crippen MR) is 70.1 cm³/mol. The van der Waals surface area contributed by atoms with E-state index in [1.54, 1.807) is 7.11 Å². The molecule has 0 radical (unpaired) electrons. The van der Waals surface area contributed by atoms with Crippen molar-refractivity contribution in [3.63, 3.8) is 0 Å². The third kappa shape index (κ3) is 6.26. The van der Waals surface area contributed by atoms with E-state index in [-0.39, 0.29) is 24.4 Å². The van der Waals surface area contributed by atoms with E-state index in [1.807, 2.05) is 30.3 Å². The fourth-order valence-corrected chi connectivity index (χ4v) is 1.38. The number of hydrogen-bond donors (Lipinski definition) is 2. The molecule has 96 valence electrons. The molecule has 0 saturated carbocycles. The lowest BCUT2D eigenvalue weighted by Gasteiger charge is -2.11. The molecule has 0 bridgehead atoms. The van der Waals surface area contributed by atoms with Crippen LogP contribution in [-0.2, 0) is 9.53 Å². The molecule has 3 N–H and O–H groups in total. The van der Waals surface area contributed by atoms with Crippen LogP contribution in [0.2, 0.25) is 0 Å². The lowest BCUT2D eigenvalue weighted by molar-refractivity contribution is -0.121. The maximum atomic E-state index is 11.5. The molecule has 5 heteroatoms. The largest absolute Gasteiger partial charge is 0.383 e. The summed E-state index contributed by atoms with van der Waals surface area (Å²) >= 11 is 0. The highest BCUT2D eigenvalue weighted by Gasteiger charge is 2.10. The van der Waals surface area contributed by atoms with Gasteiger partial charge in [0.05, 0.1) is 6.61 Å². The van der Waals surface area contributed by atoms with Crippen LogP contribution < -0.4 is 11.1 Å². The molecule has 0 aliphatic heterocycles. The van der Waals surface area contributed by atoms with Crippen molar-refractivity contribution >= 4 is 18.3 Å². The van der Waals surface area contributed by atoms with Gasteiger partial charge in [-0.25, -0.2) is 0 Å². The first-order chi connectivity index (χ1) is 7.74. The van der Waals surface area contributed by atoms with Crippen LogP contribution in [0.3, 0.4) is 0 Å². The lowest BCUT2D eigenvalue weighted by atomic mass is 10.0. The molecule has 0 spiro atoms. The third-order valence-corrected chi connectivity index (χ3v) is 2.26. The number of hydrogen-bond acceptors (Lipinski definition) is 3. The Balaban J connectivity index is 0.00000256. The maximum absolute atomic E-state index is 11.5. The Bertz CT molecular complexity index is 320. The Labute approximate surface area is 108 Å². The fourth-order valence-electron chi connectivity index (χ4n) is 1.38. The van der Waals surface area contributed by atoms with Crippen molar-refractivity contribution in [1.29, 1.82) is 0 Å². The Morgan fingerprint density at radius 2 is 2.06 bits per heavy atom. The van der Waals surface area contributed by atoms with Gasteiger partial charge < -0.3 is 15.8 Å². The minimum Gasteiger partial charge on any atom is -0.383 e. The number of methoxy groups -OCH3 is 1. The van der Waals surface area contributed by atoms with Crippen LogP contribution in [-0.4, -0.2) is 26.2 Å². The molecule has 1 amide bonds. The molecule has 1 aromatic carbocycles. The third-order valence-electron chi connectivity index (χ3n) is 2.26. The summed E-state index contributed by atoms with van der Waals surface area (Å²) in [5, 5.41) is 2.74. The van der Waals surface area contributed by atoms with Crippen LogP contribution in [0.25, 0.3) is 0 Å². The van der Waals surface area contributed by atoms with E-state index in [9.17, 15) is 4.79 Å². The Hall–Kier alpha value is -1.10. The highest BCUT2D eigenvalue weighted by molar-refractivity contribution is 5.85. The average Bonchev–Trinajstić information content (AvgIpc) is 2.30. The van der Waals surface area contributed by atoms with Gasteiger partial charge in [0.2, 0.25) is 5.91 Å². The normalized spacial score (nSPS) is 11.4. The van der Waals surface area contributed by atoms with Crippen molar-refractivity contribution in [2.75, 3.05) is 20.3 Å². The van der Waals surface area contributed by atoms with Gasteiger partial charge in [-0.3, -0.25) is 4.79 Å². The van der Waals surface area contributed by atoms with Gasteiger partial charge in [-0.1, -0.05) is 30.3 Å². The Morgan fingerprint density at radius 3 is 2.65 bits per heavy atom. The van der Waals surface area contributed by atoms with E-state index in [0.717, 1.165) is 5.56 Å². The van der Waals surface area contributed by atoms with Crippen LogP contribution >= 0.6 is 12.4 Å². The number of benzene rings is 1. The molecule has 17 heavy (non-hydrogen) atoms. The van der Waals surface area contributed by atoms with Gasteiger partial charge in [-0.05, 0) is 5.56 Å². The minimum atomic E-state index is -0.247. The van der Waals surface area contributed by atoms with Crippen molar-refractivity contribution in [3.8, 4) is 0 Å². The van der Waals surface area contributed by atoms with Crippen LogP contribution in [0.4, 0.5) is 0 Å². The van der Waals surface area contributed by atoms with Crippen LogP contribution in [0.5, 0.6) is 0 Å². The van der Waals surface area contributed by atoms with Crippen LogP contribution in [0, 0.1) is 0 Å². The van der Waals surface area contributed by atoms with Crippen molar-refractivity contribution in [1.82, 2.24) is 5.32 Å². The number of amides is 1. The van der Waals surface area contributed by atoms with Gasteiger partial charge in [-0.2, -0.15) is 0 Å². The molecule has 1 aromatic rings. The minimum absolute atomic E-state index is 0. The number of carbonyl (C=O) groups excluding carboxylic acids is 1. The number of rotatable bonds is 6. The average molecular weight is 259 g/mol. The summed E-state index contributed by atoms with van der Waals surface area (Å²) in [5.74, 6) is -0.0478. The second-order valence-electron chi connectivity index (χ2n) is 3.56. The molecule has 0 aliphatic rings. The smallest absolute Gasteiger partial charge is 0.221 e. The van der Waals surface area contributed by atoms with Gasteiger partial charge in [0.15, 0.2) is 0 Å². The topological polar surface area (TPSA) is 64.3 Å². The van der Waals surface area contributed by atoms with Crippen molar-refractivity contribution < 1.29 is 9.53 Å². The van der Waals surface area contributed by atoms with Crippen molar-refractivity contribution in [3.05, 3.63) is 35.9 Å². The second kappa shape index (κ2) is 8.98. The van der Waals surface area contributed by atoms with Gasteiger partial charge in [-0.15, -0.1) is 12.4 Å². The SMILES string of the molecule is COCCNC(=O)CC(N)c1ccccc1.Cl. The molecular weight excluding hydrogens is 240 g/mol. The summed E-state index contributed by atoms with van der Waals surface area (Å²) in [6.07, 6.45) is 0.299. The first kappa shape index (κ1) is 15.9. The number of nitrogens with one attached hydrogen (secondary N) is 1. The van der Waals surface area contributed by atoms with E-state index in [0.29, 0.717) is 19.6 Å². The lowest BCUT2D eigenvalue weighted by Crippen LogP contribution is -2.30. The highest BCUT2D eigenvalue weighted by Crippen LogP contribution is 2.12. The summed E-state index contributed by atoms with van der Waals surface area (Å²) in [6, 6.07) is 9.36. The van der Waals surface area contributed by atoms with Crippen LogP contribution in [0.15, 0.2) is 30.3 Å². The molecular formula is C12H19ClN2O2. The summed E-state index contributed by atoms with van der Waals surface area (Å²) in [5.41, 5.74) is 6.88. The Morgan fingerprint density at radius 1 is 1.41 bits per heavy atom. The fraction of sp³-hybridized carbons (Fsp3) is 0.417. The standard InChI is InChI=1S/C12H18N2O2.ClH/c1-16-8-7-14-12(15)9-11(13)10-5-3-2-4-6-10;/h2-6,11H,7-9,13H2,1H3,(H,14,15);1H. The van der Waals surface area contributed by atoms with E-state index in [2.05, 4.69) is 5.32 Å². The predicted octanol–water partition coefficient (Wildman–Crippen LogP) is 1.26. The zero-order valence-corrected chi connectivity index (χ0v) is 10.7.